The Labute approximate surface area is 133 Å². The highest BCUT2D eigenvalue weighted by atomic mass is 16.5. The molecule has 0 aliphatic heterocycles. The molecule has 2 aromatic carbocycles. The first-order valence-corrected chi connectivity index (χ1v) is 6.81. The summed E-state index contributed by atoms with van der Waals surface area (Å²) >= 11 is 0. The Morgan fingerprint density at radius 1 is 0.957 bits per heavy atom. The molecule has 5 nitrogen and oxygen atoms in total. The summed E-state index contributed by atoms with van der Waals surface area (Å²) in [6.45, 7) is 0. The standard InChI is InChI=1S/C18H11N3O2/c1-22-17-7-4-13(11-20)8-15(17)18-9-16(21-23-18)14-5-2-12(10-19)3-6-14/h2-9H,1H3. The van der Waals surface area contributed by atoms with E-state index in [0.717, 1.165) is 5.56 Å². The second-order valence-electron chi connectivity index (χ2n) is 4.79. The van der Waals surface area contributed by atoms with Crippen molar-refractivity contribution in [2.75, 3.05) is 7.11 Å². The van der Waals surface area contributed by atoms with Crippen LogP contribution in [0, 0.1) is 22.7 Å². The molecular formula is C18H11N3O2. The summed E-state index contributed by atoms with van der Waals surface area (Å²) in [5.41, 5.74) is 3.25. The van der Waals surface area contributed by atoms with Gasteiger partial charge in [0.2, 0.25) is 0 Å². The average molecular weight is 301 g/mol. The number of ether oxygens (including phenoxy) is 1. The SMILES string of the molecule is COc1ccc(C#N)cc1-c1cc(-c2ccc(C#N)cc2)no1. The van der Waals surface area contributed by atoms with Gasteiger partial charge in [-0.15, -0.1) is 0 Å². The smallest absolute Gasteiger partial charge is 0.171 e. The number of methoxy groups -OCH3 is 1. The van der Waals surface area contributed by atoms with Crippen molar-refractivity contribution in [3.8, 4) is 40.5 Å². The first-order chi connectivity index (χ1) is 11.2. The van der Waals surface area contributed by atoms with E-state index in [1.807, 2.05) is 12.1 Å². The van der Waals surface area contributed by atoms with Gasteiger partial charge in [-0.3, -0.25) is 0 Å². The molecule has 0 N–H and O–H groups in total. The van der Waals surface area contributed by atoms with Crippen molar-refractivity contribution in [2.24, 2.45) is 0 Å². The summed E-state index contributed by atoms with van der Waals surface area (Å²) in [6, 6.07) is 18.1. The maximum absolute atomic E-state index is 9.04. The van der Waals surface area contributed by atoms with E-state index in [2.05, 4.69) is 17.3 Å². The van der Waals surface area contributed by atoms with E-state index in [-0.39, 0.29) is 0 Å². The number of nitrogens with zero attached hydrogens (tertiary/aromatic N) is 3. The van der Waals surface area contributed by atoms with Gasteiger partial charge in [-0.2, -0.15) is 10.5 Å². The quantitative estimate of drug-likeness (QED) is 0.735. The molecule has 0 aliphatic carbocycles. The molecule has 0 fully saturated rings. The first kappa shape index (κ1) is 14.4. The minimum atomic E-state index is 0.511. The Bertz CT molecular complexity index is 928. The van der Waals surface area contributed by atoms with Gasteiger partial charge in [0.05, 0.1) is 35.9 Å². The van der Waals surface area contributed by atoms with Gasteiger partial charge in [-0.25, -0.2) is 0 Å². The van der Waals surface area contributed by atoms with Crippen molar-refractivity contribution in [3.63, 3.8) is 0 Å². The van der Waals surface area contributed by atoms with Crippen LogP contribution >= 0.6 is 0 Å². The van der Waals surface area contributed by atoms with Gasteiger partial charge in [-0.1, -0.05) is 17.3 Å². The van der Waals surface area contributed by atoms with Crippen LogP contribution in [0.5, 0.6) is 5.75 Å². The van der Waals surface area contributed by atoms with Gasteiger partial charge in [0.1, 0.15) is 11.4 Å². The highest BCUT2D eigenvalue weighted by Crippen LogP contribution is 2.33. The highest BCUT2D eigenvalue weighted by Gasteiger charge is 2.14. The van der Waals surface area contributed by atoms with Crippen LogP contribution in [0.1, 0.15) is 11.1 Å². The van der Waals surface area contributed by atoms with E-state index in [9.17, 15) is 0 Å². The molecule has 3 aromatic rings. The Hall–Kier alpha value is -3.57. The Morgan fingerprint density at radius 3 is 2.30 bits per heavy atom. The van der Waals surface area contributed by atoms with Crippen molar-refractivity contribution in [1.29, 1.82) is 10.5 Å². The van der Waals surface area contributed by atoms with Gasteiger partial charge >= 0.3 is 0 Å². The lowest BCUT2D eigenvalue weighted by atomic mass is 10.1. The zero-order chi connectivity index (χ0) is 16.2. The van der Waals surface area contributed by atoms with Gasteiger partial charge in [-0.05, 0) is 30.3 Å². The summed E-state index contributed by atoms with van der Waals surface area (Å²) in [4.78, 5) is 0. The van der Waals surface area contributed by atoms with Gasteiger partial charge in [0.25, 0.3) is 0 Å². The van der Waals surface area contributed by atoms with Crippen molar-refractivity contribution in [2.45, 2.75) is 0 Å². The van der Waals surface area contributed by atoms with Gasteiger partial charge in [0, 0.05) is 11.6 Å². The maximum atomic E-state index is 9.04. The highest BCUT2D eigenvalue weighted by molar-refractivity contribution is 5.72. The Balaban J connectivity index is 2.02. The third kappa shape index (κ3) is 2.76. The van der Waals surface area contributed by atoms with Crippen LogP contribution in [0.2, 0.25) is 0 Å². The molecule has 0 aliphatic rings. The third-order valence-corrected chi connectivity index (χ3v) is 3.41. The minimum absolute atomic E-state index is 0.511. The molecule has 0 amide bonds. The second-order valence-corrected chi connectivity index (χ2v) is 4.79. The number of nitriles is 2. The molecule has 0 saturated carbocycles. The maximum Gasteiger partial charge on any atom is 0.171 e. The summed E-state index contributed by atoms with van der Waals surface area (Å²) in [5.74, 6) is 1.12. The number of rotatable bonds is 3. The van der Waals surface area contributed by atoms with Crippen LogP contribution in [0.3, 0.4) is 0 Å². The topological polar surface area (TPSA) is 82.8 Å². The molecule has 1 aromatic heterocycles. The third-order valence-electron chi connectivity index (χ3n) is 3.41. The molecule has 1 heterocycles. The lowest BCUT2D eigenvalue weighted by Crippen LogP contribution is -1.88. The van der Waals surface area contributed by atoms with Crippen molar-refractivity contribution in [3.05, 3.63) is 59.7 Å². The molecule has 0 radical (unpaired) electrons. The molecule has 0 atom stereocenters. The molecule has 3 rings (SSSR count). The summed E-state index contributed by atoms with van der Waals surface area (Å²) in [7, 11) is 1.56. The number of aromatic nitrogens is 1. The van der Waals surface area contributed by atoms with Crippen molar-refractivity contribution < 1.29 is 9.26 Å². The van der Waals surface area contributed by atoms with Crippen LogP contribution in [0.4, 0.5) is 0 Å². The van der Waals surface area contributed by atoms with E-state index < -0.39 is 0 Å². The molecule has 110 valence electrons. The largest absolute Gasteiger partial charge is 0.496 e. The summed E-state index contributed by atoms with van der Waals surface area (Å²) < 4.78 is 10.7. The van der Waals surface area contributed by atoms with Gasteiger partial charge in [0.15, 0.2) is 5.76 Å². The Morgan fingerprint density at radius 2 is 1.65 bits per heavy atom. The van der Waals surface area contributed by atoms with E-state index in [0.29, 0.717) is 33.9 Å². The fraction of sp³-hybridized carbons (Fsp3) is 0.0556. The van der Waals surface area contributed by atoms with E-state index in [1.54, 1.807) is 43.5 Å². The van der Waals surface area contributed by atoms with Crippen LogP contribution < -0.4 is 4.74 Å². The number of hydrogen-bond donors (Lipinski definition) is 0. The zero-order valence-corrected chi connectivity index (χ0v) is 12.3. The van der Waals surface area contributed by atoms with Crippen LogP contribution in [-0.4, -0.2) is 12.3 Å². The Kier molecular flexibility index (Phi) is 3.78. The first-order valence-electron chi connectivity index (χ1n) is 6.81. The van der Waals surface area contributed by atoms with Crippen LogP contribution in [-0.2, 0) is 0 Å². The van der Waals surface area contributed by atoms with Gasteiger partial charge < -0.3 is 9.26 Å². The molecule has 0 spiro atoms. The zero-order valence-electron chi connectivity index (χ0n) is 12.3. The normalized spacial score (nSPS) is 9.87. The molecular weight excluding hydrogens is 290 g/mol. The predicted molar refractivity (Wildman–Crippen MR) is 83.4 cm³/mol. The summed E-state index contributed by atoms with van der Waals surface area (Å²) in [5, 5.41) is 21.9. The summed E-state index contributed by atoms with van der Waals surface area (Å²) in [6.07, 6.45) is 0. The molecule has 5 heteroatoms. The van der Waals surface area contributed by atoms with E-state index >= 15 is 0 Å². The predicted octanol–water partition coefficient (Wildman–Crippen LogP) is 3.76. The number of hydrogen-bond acceptors (Lipinski definition) is 5. The minimum Gasteiger partial charge on any atom is -0.496 e. The monoisotopic (exact) mass is 301 g/mol. The molecule has 0 unspecified atom stereocenters. The number of benzene rings is 2. The fourth-order valence-electron chi connectivity index (χ4n) is 2.22. The van der Waals surface area contributed by atoms with Crippen LogP contribution in [0.15, 0.2) is 53.1 Å². The fourth-order valence-corrected chi connectivity index (χ4v) is 2.22. The lowest BCUT2D eigenvalue weighted by Gasteiger charge is -2.05. The second kappa shape index (κ2) is 6.05. The van der Waals surface area contributed by atoms with E-state index in [4.69, 9.17) is 19.8 Å². The molecule has 23 heavy (non-hydrogen) atoms. The molecule has 0 saturated heterocycles. The molecule has 0 bridgehead atoms. The van der Waals surface area contributed by atoms with Crippen molar-refractivity contribution >= 4 is 0 Å². The van der Waals surface area contributed by atoms with Crippen molar-refractivity contribution in [1.82, 2.24) is 5.16 Å². The van der Waals surface area contributed by atoms with E-state index in [1.165, 1.54) is 0 Å². The van der Waals surface area contributed by atoms with Crippen LogP contribution in [0.25, 0.3) is 22.6 Å². The lowest BCUT2D eigenvalue weighted by molar-refractivity contribution is 0.406. The average Bonchev–Trinajstić information content (AvgIpc) is 3.11.